The second-order valence-electron chi connectivity index (χ2n) is 7.66. The minimum absolute atomic E-state index is 0.0557. The summed E-state index contributed by atoms with van der Waals surface area (Å²) >= 11 is 0. The molecule has 1 aliphatic heterocycles. The van der Waals surface area contributed by atoms with Gasteiger partial charge in [-0.25, -0.2) is 9.59 Å². The van der Waals surface area contributed by atoms with Crippen molar-refractivity contribution in [2.24, 2.45) is 5.92 Å². The zero-order chi connectivity index (χ0) is 20.8. The third kappa shape index (κ3) is 5.56. The lowest BCUT2D eigenvalue weighted by molar-refractivity contribution is -0.123. The van der Waals surface area contributed by atoms with E-state index in [0.29, 0.717) is 18.9 Å². The number of imide groups is 1. The first kappa shape index (κ1) is 20.8. The van der Waals surface area contributed by atoms with Crippen LogP contribution in [0.15, 0.2) is 24.3 Å². The molecule has 4 amide bonds. The number of nitrogens with zero attached hydrogens (tertiary/aromatic N) is 1. The first-order valence-corrected chi connectivity index (χ1v) is 10.1. The molecule has 156 valence electrons. The molecule has 8 heteroatoms. The molecule has 1 aromatic carbocycles. The van der Waals surface area contributed by atoms with Crippen molar-refractivity contribution in [3.05, 3.63) is 29.8 Å². The summed E-state index contributed by atoms with van der Waals surface area (Å²) in [4.78, 5) is 49.4. The van der Waals surface area contributed by atoms with Crippen LogP contribution in [0, 0.1) is 5.92 Å². The maximum atomic E-state index is 12.1. The maximum absolute atomic E-state index is 12.1. The molecule has 1 saturated carbocycles. The van der Waals surface area contributed by atoms with E-state index in [4.69, 9.17) is 4.74 Å². The summed E-state index contributed by atoms with van der Waals surface area (Å²) < 4.78 is 4.98. The minimum Gasteiger partial charge on any atom is -0.452 e. The monoisotopic (exact) mass is 401 g/mol. The highest BCUT2D eigenvalue weighted by Gasteiger charge is 2.24. The Balaban J connectivity index is 1.43. The molecular formula is C21H27N3O5. The number of ether oxygens (including phenoxy) is 1. The van der Waals surface area contributed by atoms with E-state index in [1.54, 1.807) is 29.2 Å². The zero-order valence-electron chi connectivity index (χ0n) is 16.6. The topological polar surface area (TPSA) is 105 Å². The SMILES string of the molecule is C[C@H]1CCCC[C@@H]1NC(=O)NC(=O)COC(=O)c1ccc(N2CCCC2=O)cc1. The Kier molecular flexibility index (Phi) is 6.85. The van der Waals surface area contributed by atoms with E-state index in [2.05, 4.69) is 17.6 Å². The number of hydrogen-bond acceptors (Lipinski definition) is 5. The Hall–Kier alpha value is -2.90. The largest absolute Gasteiger partial charge is 0.452 e. The number of urea groups is 1. The normalized spacial score (nSPS) is 21.6. The number of anilines is 1. The fourth-order valence-corrected chi connectivity index (χ4v) is 3.81. The highest BCUT2D eigenvalue weighted by atomic mass is 16.5. The molecule has 0 unspecified atom stereocenters. The van der Waals surface area contributed by atoms with Gasteiger partial charge in [-0.15, -0.1) is 0 Å². The molecule has 2 atom stereocenters. The second kappa shape index (κ2) is 9.54. The minimum atomic E-state index is -0.682. The Morgan fingerprint density at radius 3 is 2.48 bits per heavy atom. The van der Waals surface area contributed by atoms with Gasteiger partial charge in [0, 0.05) is 24.7 Å². The van der Waals surface area contributed by atoms with Crippen molar-refractivity contribution in [3.8, 4) is 0 Å². The van der Waals surface area contributed by atoms with Crippen molar-refractivity contribution >= 4 is 29.5 Å². The van der Waals surface area contributed by atoms with Crippen LogP contribution >= 0.6 is 0 Å². The van der Waals surface area contributed by atoms with Crippen molar-refractivity contribution in [2.45, 2.75) is 51.5 Å². The van der Waals surface area contributed by atoms with Gasteiger partial charge in [0.2, 0.25) is 5.91 Å². The van der Waals surface area contributed by atoms with E-state index < -0.39 is 24.5 Å². The molecule has 0 aromatic heterocycles. The number of esters is 1. The van der Waals surface area contributed by atoms with Crippen LogP contribution in [0.2, 0.25) is 0 Å². The van der Waals surface area contributed by atoms with Gasteiger partial charge in [-0.2, -0.15) is 0 Å². The number of rotatable bonds is 5. The number of amides is 4. The van der Waals surface area contributed by atoms with Gasteiger partial charge in [-0.05, 0) is 49.4 Å². The summed E-state index contributed by atoms with van der Waals surface area (Å²) in [6.07, 6.45) is 5.53. The molecule has 0 bridgehead atoms. The molecule has 2 N–H and O–H groups in total. The Labute approximate surface area is 170 Å². The average molecular weight is 401 g/mol. The highest BCUT2D eigenvalue weighted by Crippen LogP contribution is 2.23. The molecule has 1 heterocycles. The van der Waals surface area contributed by atoms with Crippen molar-refractivity contribution in [1.82, 2.24) is 10.6 Å². The Morgan fingerprint density at radius 1 is 1.10 bits per heavy atom. The second-order valence-corrected chi connectivity index (χ2v) is 7.66. The molecule has 1 aliphatic carbocycles. The van der Waals surface area contributed by atoms with Crippen LogP contribution in [0.3, 0.4) is 0 Å². The molecular weight excluding hydrogens is 374 g/mol. The summed E-state index contributed by atoms with van der Waals surface area (Å²) in [7, 11) is 0. The number of nitrogens with one attached hydrogen (secondary N) is 2. The van der Waals surface area contributed by atoms with Crippen LogP contribution < -0.4 is 15.5 Å². The molecule has 2 fully saturated rings. The molecule has 3 rings (SSSR count). The van der Waals surface area contributed by atoms with Gasteiger partial charge in [-0.1, -0.05) is 19.8 Å². The van der Waals surface area contributed by atoms with Gasteiger partial charge >= 0.3 is 12.0 Å². The summed E-state index contributed by atoms with van der Waals surface area (Å²) in [5.74, 6) is -0.904. The van der Waals surface area contributed by atoms with Crippen LogP contribution in [-0.4, -0.2) is 43.0 Å². The van der Waals surface area contributed by atoms with Crippen molar-refractivity contribution in [1.29, 1.82) is 0 Å². The van der Waals surface area contributed by atoms with Crippen molar-refractivity contribution in [3.63, 3.8) is 0 Å². The maximum Gasteiger partial charge on any atom is 0.338 e. The quantitative estimate of drug-likeness (QED) is 0.737. The predicted octanol–water partition coefficient (Wildman–Crippen LogP) is 2.37. The van der Waals surface area contributed by atoms with Crippen LogP contribution in [0.4, 0.5) is 10.5 Å². The van der Waals surface area contributed by atoms with Crippen LogP contribution in [0.1, 0.15) is 55.8 Å². The summed E-state index contributed by atoms with van der Waals surface area (Å²) in [5.41, 5.74) is 1.00. The molecule has 0 spiro atoms. The van der Waals surface area contributed by atoms with Crippen LogP contribution in [0.5, 0.6) is 0 Å². The van der Waals surface area contributed by atoms with Crippen LogP contribution in [-0.2, 0) is 14.3 Å². The highest BCUT2D eigenvalue weighted by molar-refractivity contribution is 5.98. The first-order chi connectivity index (χ1) is 13.9. The lowest BCUT2D eigenvalue weighted by Gasteiger charge is -2.29. The summed E-state index contributed by atoms with van der Waals surface area (Å²) in [5, 5.41) is 5.01. The number of hydrogen-bond donors (Lipinski definition) is 2. The molecule has 0 radical (unpaired) electrons. The first-order valence-electron chi connectivity index (χ1n) is 10.1. The van der Waals surface area contributed by atoms with E-state index in [0.717, 1.165) is 37.8 Å². The third-order valence-electron chi connectivity index (χ3n) is 5.50. The van der Waals surface area contributed by atoms with Gasteiger partial charge in [-0.3, -0.25) is 14.9 Å². The van der Waals surface area contributed by atoms with Crippen molar-refractivity contribution < 1.29 is 23.9 Å². The van der Waals surface area contributed by atoms with E-state index in [-0.39, 0.29) is 17.5 Å². The third-order valence-corrected chi connectivity index (χ3v) is 5.50. The van der Waals surface area contributed by atoms with E-state index >= 15 is 0 Å². The zero-order valence-corrected chi connectivity index (χ0v) is 16.6. The fourth-order valence-electron chi connectivity index (χ4n) is 3.81. The standard InChI is InChI=1S/C21H27N3O5/c1-14-5-2-3-6-17(14)22-21(28)23-18(25)13-29-20(27)15-8-10-16(11-9-15)24-12-4-7-19(24)26/h8-11,14,17H,2-7,12-13H2,1H3,(H2,22,23,25,28)/t14-,17-/m0/s1. The summed E-state index contributed by atoms with van der Waals surface area (Å²) in [6.45, 7) is 2.21. The van der Waals surface area contributed by atoms with E-state index in [1.807, 2.05) is 0 Å². The molecule has 8 nitrogen and oxygen atoms in total. The Morgan fingerprint density at radius 2 is 1.83 bits per heavy atom. The average Bonchev–Trinajstić information content (AvgIpc) is 3.14. The van der Waals surface area contributed by atoms with Crippen molar-refractivity contribution in [2.75, 3.05) is 18.1 Å². The van der Waals surface area contributed by atoms with Gasteiger partial charge in [0.1, 0.15) is 0 Å². The van der Waals surface area contributed by atoms with Gasteiger partial charge < -0.3 is 15.0 Å². The van der Waals surface area contributed by atoms with E-state index in [9.17, 15) is 19.2 Å². The smallest absolute Gasteiger partial charge is 0.338 e. The van der Waals surface area contributed by atoms with Gasteiger partial charge in [0.15, 0.2) is 6.61 Å². The van der Waals surface area contributed by atoms with E-state index in [1.165, 1.54) is 0 Å². The fraction of sp³-hybridized carbons (Fsp3) is 0.524. The number of carbonyl (C=O) groups excluding carboxylic acids is 4. The molecule has 1 aromatic rings. The molecule has 29 heavy (non-hydrogen) atoms. The summed E-state index contributed by atoms with van der Waals surface area (Å²) in [6, 6.07) is 5.96. The molecule has 1 saturated heterocycles. The molecule has 2 aliphatic rings. The lowest BCUT2D eigenvalue weighted by Crippen LogP contribution is -2.48. The lowest BCUT2D eigenvalue weighted by atomic mass is 9.86. The van der Waals surface area contributed by atoms with Gasteiger partial charge in [0.05, 0.1) is 5.56 Å². The number of benzene rings is 1. The van der Waals surface area contributed by atoms with Gasteiger partial charge in [0.25, 0.3) is 5.91 Å². The Bertz CT molecular complexity index is 777. The number of carbonyl (C=O) groups is 4. The van der Waals surface area contributed by atoms with Crippen LogP contribution in [0.25, 0.3) is 0 Å². The predicted molar refractivity (Wildman–Crippen MR) is 106 cm³/mol.